The van der Waals surface area contributed by atoms with Crippen molar-refractivity contribution in [2.45, 2.75) is 0 Å². The number of nitro groups is 1. The van der Waals surface area contributed by atoms with E-state index in [4.69, 9.17) is 27.9 Å². The highest BCUT2D eigenvalue weighted by Gasteiger charge is 2.14. The number of rotatable bonds is 6. The molecule has 0 aliphatic rings. The van der Waals surface area contributed by atoms with Gasteiger partial charge in [0.15, 0.2) is 6.61 Å². The van der Waals surface area contributed by atoms with Crippen molar-refractivity contribution in [2.75, 3.05) is 11.9 Å². The van der Waals surface area contributed by atoms with Crippen LogP contribution in [-0.4, -0.2) is 23.4 Å². The molecular weight excluding hydrogens is 383 g/mol. The third-order valence-corrected chi connectivity index (χ3v) is 3.63. The second-order valence-corrected chi connectivity index (χ2v) is 5.81. The number of carbonyl (C=O) groups is 2. The Hall–Kier alpha value is -2.90. The topological polar surface area (TPSA) is 98.5 Å². The number of hydrogen-bond acceptors (Lipinski definition) is 5. The molecule has 1 amide bonds. The van der Waals surface area contributed by atoms with Gasteiger partial charge in [0, 0.05) is 22.9 Å². The Morgan fingerprint density at radius 2 is 1.85 bits per heavy atom. The van der Waals surface area contributed by atoms with Crippen LogP contribution in [-0.2, 0) is 14.3 Å². The summed E-state index contributed by atoms with van der Waals surface area (Å²) in [6, 6.07) is 10.6. The number of ether oxygens (including phenoxy) is 1. The molecule has 2 rings (SSSR count). The Morgan fingerprint density at radius 3 is 2.50 bits per heavy atom. The van der Waals surface area contributed by atoms with Crippen molar-refractivity contribution in [1.29, 1.82) is 0 Å². The third-order valence-electron chi connectivity index (χ3n) is 3.05. The van der Waals surface area contributed by atoms with Gasteiger partial charge in [-0.1, -0.05) is 35.3 Å². The van der Waals surface area contributed by atoms with E-state index in [0.717, 1.165) is 11.6 Å². The van der Waals surface area contributed by atoms with Crippen molar-refractivity contribution < 1.29 is 19.2 Å². The van der Waals surface area contributed by atoms with E-state index in [-0.39, 0.29) is 16.4 Å². The van der Waals surface area contributed by atoms with Crippen molar-refractivity contribution in [3.8, 4) is 0 Å². The van der Waals surface area contributed by atoms with Gasteiger partial charge in [-0.05, 0) is 35.9 Å². The van der Waals surface area contributed by atoms with Crippen molar-refractivity contribution in [3.05, 3.63) is 74.3 Å². The molecule has 1 N–H and O–H groups in total. The first-order valence-corrected chi connectivity index (χ1v) is 7.95. The second kappa shape index (κ2) is 8.98. The zero-order valence-electron chi connectivity index (χ0n) is 13.1. The van der Waals surface area contributed by atoms with Crippen molar-refractivity contribution in [1.82, 2.24) is 0 Å². The van der Waals surface area contributed by atoms with Crippen LogP contribution in [0, 0.1) is 10.1 Å². The van der Waals surface area contributed by atoms with Crippen LogP contribution in [0.1, 0.15) is 5.56 Å². The third kappa shape index (κ3) is 5.87. The van der Waals surface area contributed by atoms with E-state index in [0.29, 0.717) is 5.02 Å². The monoisotopic (exact) mass is 394 g/mol. The predicted octanol–water partition coefficient (Wildman–Crippen LogP) is 4.10. The number of nitrogens with zero attached hydrogens (tertiary/aromatic N) is 1. The lowest BCUT2D eigenvalue weighted by atomic mass is 10.2. The van der Waals surface area contributed by atoms with Crippen LogP contribution >= 0.6 is 23.2 Å². The Bertz CT molecular complexity index is 866. The first-order chi connectivity index (χ1) is 12.3. The minimum atomic E-state index is -0.711. The van der Waals surface area contributed by atoms with E-state index in [9.17, 15) is 19.7 Å². The Kier molecular flexibility index (Phi) is 6.71. The van der Waals surface area contributed by atoms with Crippen LogP contribution in [0.4, 0.5) is 11.4 Å². The molecule has 0 bridgehead atoms. The molecule has 0 aliphatic carbocycles. The maximum absolute atomic E-state index is 11.8. The minimum absolute atomic E-state index is 0.0493. The quantitative estimate of drug-likeness (QED) is 0.344. The van der Waals surface area contributed by atoms with Gasteiger partial charge in [0.25, 0.3) is 11.6 Å². The Balaban J connectivity index is 1.86. The van der Waals surface area contributed by atoms with Gasteiger partial charge in [0.1, 0.15) is 5.02 Å². The molecular formula is C17H12Cl2N2O5. The zero-order valence-corrected chi connectivity index (χ0v) is 14.7. The molecule has 2 aromatic rings. The molecule has 0 aliphatic heterocycles. The number of amides is 1. The number of nitro benzene ring substituents is 1. The van der Waals surface area contributed by atoms with Crippen molar-refractivity contribution in [3.63, 3.8) is 0 Å². The largest absolute Gasteiger partial charge is 0.452 e. The fourth-order valence-corrected chi connectivity index (χ4v) is 2.16. The number of nitrogens with one attached hydrogen (secondary N) is 1. The standard InChI is InChI=1S/C17H12Cl2N2O5/c18-12-4-1-11(2-5-12)3-8-17(23)26-10-16(22)20-13-6-7-14(19)15(9-13)21(24)25/h1-9H,10H2,(H,20,22)/b8-3+. The molecule has 0 saturated heterocycles. The molecule has 0 fully saturated rings. The molecule has 0 unspecified atom stereocenters. The SMILES string of the molecule is O=C(COC(=O)/C=C/c1ccc(Cl)cc1)Nc1ccc(Cl)c([N+](=O)[O-])c1. The molecule has 26 heavy (non-hydrogen) atoms. The van der Waals surface area contributed by atoms with Gasteiger partial charge in [-0.15, -0.1) is 0 Å². The average molecular weight is 395 g/mol. The summed E-state index contributed by atoms with van der Waals surface area (Å²) in [4.78, 5) is 33.5. The summed E-state index contributed by atoms with van der Waals surface area (Å²) < 4.78 is 4.80. The highest BCUT2D eigenvalue weighted by Crippen LogP contribution is 2.27. The summed E-state index contributed by atoms with van der Waals surface area (Å²) in [5.41, 5.74) is 0.565. The van der Waals surface area contributed by atoms with E-state index in [2.05, 4.69) is 5.32 Å². The van der Waals surface area contributed by atoms with Gasteiger partial charge in [-0.3, -0.25) is 14.9 Å². The highest BCUT2D eigenvalue weighted by atomic mass is 35.5. The Labute approximate surface area is 158 Å². The van der Waals surface area contributed by atoms with Crippen LogP contribution in [0.15, 0.2) is 48.5 Å². The smallest absolute Gasteiger partial charge is 0.331 e. The van der Waals surface area contributed by atoms with E-state index in [1.165, 1.54) is 24.3 Å². The lowest BCUT2D eigenvalue weighted by Crippen LogP contribution is -2.20. The molecule has 0 radical (unpaired) electrons. The number of carbonyl (C=O) groups excluding carboxylic acids is 2. The van der Waals surface area contributed by atoms with Crippen molar-refractivity contribution in [2.24, 2.45) is 0 Å². The second-order valence-electron chi connectivity index (χ2n) is 4.96. The van der Waals surface area contributed by atoms with Crippen LogP contribution in [0.3, 0.4) is 0 Å². The average Bonchev–Trinajstić information content (AvgIpc) is 2.61. The molecule has 134 valence electrons. The number of hydrogen-bond donors (Lipinski definition) is 1. The van der Waals surface area contributed by atoms with E-state index in [1.807, 2.05) is 0 Å². The fourth-order valence-electron chi connectivity index (χ4n) is 1.85. The highest BCUT2D eigenvalue weighted by molar-refractivity contribution is 6.32. The van der Waals surface area contributed by atoms with Gasteiger partial charge in [-0.25, -0.2) is 4.79 Å². The zero-order chi connectivity index (χ0) is 19.1. The molecule has 0 heterocycles. The summed E-state index contributed by atoms with van der Waals surface area (Å²) >= 11 is 11.4. The van der Waals surface area contributed by atoms with Gasteiger partial charge < -0.3 is 10.1 Å². The van der Waals surface area contributed by atoms with E-state index in [1.54, 1.807) is 24.3 Å². The van der Waals surface area contributed by atoms with Crippen LogP contribution in [0.2, 0.25) is 10.0 Å². The molecule has 0 atom stereocenters. The summed E-state index contributed by atoms with van der Waals surface area (Å²) in [7, 11) is 0. The normalized spacial score (nSPS) is 10.5. The summed E-state index contributed by atoms with van der Waals surface area (Å²) in [6.07, 6.45) is 2.68. The number of esters is 1. The van der Waals surface area contributed by atoms with Crippen LogP contribution in [0.25, 0.3) is 6.08 Å². The van der Waals surface area contributed by atoms with Gasteiger partial charge >= 0.3 is 5.97 Å². The number of anilines is 1. The first-order valence-electron chi connectivity index (χ1n) is 7.19. The summed E-state index contributed by atoms with van der Waals surface area (Å²) in [5, 5.41) is 13.7. The van der Waals surface area contributed by atoms with Gasteiger partial charge in [0.05, 0.1) is 4.92 Å². The van der Waals surface area contributed by atoms with E-state index < -0.39 is 23.4 Å². The molecule has 0 spiro atoms. The fraction of sp³-hybridized carbons (Fsp3) is 0.0588. The molecule has 9 heteroatoms. The lowest BCUT2D eigenvalue weighted by molar-refractivity contribution is -0.384. The number of benzene rings is 2. The maximum Gasteiger partial charge on any atom is 0.331 e. The van der Waals surface area contributed by atoms with Gasteiger partial charge in [-0.2, -0.15) is 0 Å². The summed E-state index contributed by atoms with van der Waals surface area (Å²) in [5.74, 6) is -1.35. The van der Waals surface area contributed by atoms with Crippen LogP contribution < -0.4 is 5.32 Å². The molecule has 0 aromatic heterocycles. The lowest BCUT2D eigenvalue weighted by Gasteiger charge is -2.06. The predicted molar refractivity (Wildman–Crippen MR) is 98.2 cm³/mol. The maximum atomic E-state index is 11.8. The van der Waals surface area contributed by atoms with Crippen molar-refractivity contribution >= 4 is 52.5 Å². The first kappa shape index (κ1) is 19.4. The van der Waals surface area contributed by atoms with Crippen LogP contribution in [0.5, 0.6) is 0 Å². The Morgan fingerprint density at radius 1 is 1.15 bits per heavy atom. The molecule has 2 aromatic carbocycles. The minimum Gasteiger partial charge on any atom is -0.452 e. The van der Waals surface area contributed by atoms with E-state index >= 15 is 0 Å². The number of halogens is 2. The molecule has 0 saturated carbocycles. The summed E-state index contributed by atoms with van der Waals surface area (Å²) in [6.45, 7) is -0.541. The van der Waals surface area contributed by atoms with Gasteiger partial charge in [0.2, 0.25) is 0 Å². The molecule has 7 nitrogen and oxygen atoms in total.